The van der Waals surface area contributed by atoms with E-state index in [4.69, 9.17) is 0 Å². The van der Waals surface area contributed by atoms with Crippen molar-refractivity contribution >= 4 is 33.3 Å². The lowest BCUT2D eigenvalue weighted by Crippen LogP contribution is -2.34. The zero-order valence-corrected chi connectivity index (χ0v) is 15.5. The summed E-state index contributed by atoms with van der Waals surface area (Å²) in [5.74, 6) is -0.425. The van der Waals surface area contributed by atoms with Crippen molar-refractivity contribution in [3.63, 3.8) is 0 Å². The van der Waals surface area contributed by atoms with Crippen LogP contribution < -0.4 is 16.6 Å². The van der Waals surface area contributed by atoms with Crippen LogP contribution in [0, 0.1) is 0 Å². The molecule has 0 aliphatic heterocycles. The molecular formula is C18H14N6O3S. The minimum Gasteiger partial charge on any atom is -0.307 e. The van der Waals surface area contributed by atoms with Gasteiger partial charge in [0.25, 0.3) is 11.5 Å². The van der Waals surface area contributed by atoms with E-state index in [1.165, 1.54) is 29.5 Å². The van der Waals surface area contributed by atoms with Crippen LogP contribution >= 0.6 is 11.3 Å². The fourth-order valence-corrected chi connectivity index (χ4v) is 3.43. The number of nitrogens with one attached hydrogen (secondary N) is 2. The summed E-state index contributed by atoms with van der Waals surface area (Å²) < 4.78 is 1.10. The number of nitrogens with zero attached hydrogens (tertiary/aromatic N) is 4. The fraction of sp³-hybridized carbons (Fsp3) is 0.111. The molecule has 0 aliphatic rings. The lowest BCUT2D eigenvalue weighted by Gasteiger charge is -2.05. The third-order valence-corrected chi connectivity index (χ3v) is 4.95. The third kappa shape index (κ3) is 3.21. The summed E-state index contributed by atoms with van der Waals surface area (Å²) in [6, 6.07) is 9.95. The molecule has 3 heterocycles. The summed E-state index contributed by atoms with van der Waals surface area (Å²) >= 11 is 1.19. The number of carbonyl (C=O) groups excluding carboxylic acids is 1. The number of hydrogen-bond acceptors (Lipinski definition) is 7. The van der Waals surface area contributed by atoms with Crippen LogP contribution in [0.2, 0.25) is 0 Å². The number of pyridine rings is 1. The van der Waals surface area contributed by atoms with E-state index in [9.17, 15) is 14.4 Å². The second-order valence-electron chi connectivity index (χ2n) is 5.82. The normalized spacial score (nSPS) is 10.9. The Morgan fingerprint density at radius 2 is 2.07 bits per heavy atom. The van der Waals surface area contributed by atoms with Gasteiger partial charge in [0.2, 0.25) is 5.13 Å². The van der Waals surface area contributed by atoms with Crippen molar-refractivity contribution in [1.82, 2.24) is 24.7 Å². The van der Waals surface area contributed by atoms with Gasteiger partial charge in [-0.25, -0.2) is 4.79 Å². The van der Waals surface area contributed by atoms with Crippen molar-refractivity contribution in [1.29, 1.82) is 0 Å². The van der Waals surface area contributed by atoms with Gasteiger partial charge in [-0.05, 0) is 37.3 Å². The van der Waals surface area contributed by atoms with Crippen LogP contribution in [0.3, 0.4) is 0 Å². The molecule has 1 aromatic carbocycles. The van der Waals surface area contributed by atoms with Gasteiger partial charge >= 0.3 is 5.69 Å². The van der Waals surface area contributed by atoms with Crippen LogP contribution in [0.15, 0.2) is 52.2 Å². The SMILES string of the molecule is CCn1c(=O)[nH]c2cc(C(=O)Nc3nnc(-c4ccccn4)s3)ccc2c1=O. The van der Waals surface area contributed by atoms with E-state index in [0.717, 1.165) is 4.57 Å². The highest BCUT2D eigenvalue weighted by atomic mass is 32.1. The van der Waals surface area contributed by atoms with Crippen LogP contribution in [-0.4, -0.2) is 30.6 Å². The summed E-state index contributed by atoms with van der Waals surface area (Å²) in [7, 11) is 0. The zero-order valence-electron chi connectivity index (χ0n) is 14.7. The first-order valence-corrected chi connectivity index (χ1v) is 9.21. The second-order valence-corrected chi connectivity index (χ2v) is 6.80. The molecule has 2 N–H and O–H groups in total. The predicted octanol–water partition coefficient (Wildman–Crippen LogP) is 1.88. The molecule has 0 atom stereocenters. The molecule has 0 saturated heterocycles. The molecule has 0 spiro atoms. The first kappa shape index (κ1) is 17.7. The predicted molar refractivity (Wildman–Crippen MR) is 106 cm³/mol. The van der Waals surface area contributed by atoms with E-state index in [2.05, 4.69) is 25.5 Å². The Bertz CT molecular complexity index is 1290. The summed E-state index contributed by atoms with van der Waals surface area (Å²) in [5, 5.41) is 11.9. The lowest BCUT2D eigenvalue weighted by molar-refractivity contribution is 0.102. The molecule has 0 unspecified atom stereocenters. The summed E-state index contributed by atoms with van der Waals surface area (Å²) in [6.07, 6.45) is 1.65. The van der Waals surface area contributed by atoms with E-state index in [-0.39, 0.29) is 12.1 Å². The Labute approximate surface area is 161 Å². The van der Waals surface area contributed by atoms with Crippen molar-refractivity contribution < 1.29 is 4.79 Å². The number of hydrogen-bond donors (Lipinski definition) is 2. The van der Waals surface area contributed by atoms with E-state index in [1.54, 1.807) is 25.3 Å². The van der Waals surface area contributed by atoms with Crippen LogP contribution in [-0.2, 0) is 6.54 Å². The number of benzene rings is 1. The molecule has 0 bridgehead atoms. The van der Waals surface area contributed by atoms with Gasteiger partial charge in [0.05, 0.1) is 10.9 Å². The number of rotatable bonds is 4. The van der Waals surface area contributed by atoms with Crippen LogP contribution in [0.1, 0.15) is 17.3 Å². The van der Waals surface area contributed by atoms with Gasteiger partial charge in [0, 0.05) is 18.3 Å². The highest BCUT2D eigenvalue weighted by Gasteiger charge is 2.14. The number of aromatic nitrogens is 5. The minimum atomic E-state index is -0.512. The first-order chi connectivity index (χ1) is 13.6. The number of carbonyl (C=O) groups is 1. The third-order valence-electron chi connectivity index (χ3n) is 4.09. The van der Waals surface area contributed by atoms with Gasteiger partial charge in [-0.2, -0.15) is 0 Å². The van der Waals surface area contributed by atoms with Gasteiger partial charge in [0.15, 0.2) is 5.01 Å². The topological polar surface area (TPSA) is 123 Å². The van der Waals surface area contributed by atoms with Crippen LogP contribution in [0.4, 0.5) is 5.13 Å². The molecule has 4 aromatic rings. The molecule has 0 radical (unpaired) electrons. The van der Waals surface area contributed by atoms with Crippen molar-refractivity contribution in [2.45, 2.75) is 13.5 Å². The standard InChI is InChI=1S/C18H14N6O3S/c1-2-24-16(26)11-7-6-10(9-13(11)20-18(24)27)14(25)21-17-23-22-15(28-17)12-5-3-4-8-19-12/h3-9H,2H2,1H3,(H,20,27)(H,21,23,25). The average molecular weight is 394 g/mol. The Morgan fingerprint density at radius 3 is 2.82 bits per heavy atom. The molecule has 3 aromatic heterocycles. The quantitative estimate of drug-likeness (QED) is 0.545. The van der Waals surface area contributed by atoms with Crippen molar-refractivity contribution in [3.05, 3.63) is 69.0 Å². The molecule has 0 aliphatic carbocycles. The maximum absolute atomic E-state index is 12.5. The number of aromatic amines is 1. The summed E-state index contributed by atoms with van der Waals surface area (Å²) in [4.78, 5) is 43.6. The fourth-order valence-electron chi connectivity index (χ4n) is 2.72. The first-order valence-electron chi connectivity index (χ1n) is 8.40. The number of amides is 1. The molecule has 140 valence electrons. The van der Waals surface area contributed by atoms with Crippen LogP contribution in [0.5, 0.6) is 0 Å². The molecule has 1 amide bonds. The monoisotopic (exact) mass is 394 g/mol. The van der Waals surface area contributed by atoms with Gasteiger partial charge in [-0.15, -0.1) is 10.2 Å². The minimum absolute atomic E-state index is 0.266. The van der Waals surface area contributed by atoms with Gasteiger partial charge in [0.1, 0.15) is 5.69 Å². The largest absolute Gasteiger partial charge is 0.328 e. The lowest BCUT2D eigenvalue weighted by atomic mass is 10.1. The van der Waals surface area contributed by atoms with Crippen LogP contribution in [0.25, 0.3) is 21.6 Å². The molecule has 28 heavy (non-hydrogen) atoms. The van der Waals surface area contributed by atoms with Crippen molar-refractivity contribution in [3.8, 4) is 10.7 Å². The number of fused-ring (bicyclic) bond motifs is 1. The molecule has 10 heteroatoms. The van der Waals surface area contributed by atoms with Gasteiger partial charge in [-0.3, -0.25) is 24.5 Å². The average Bonchev–Trinajstić information content (AvgIpc) is 3.17. The number of anilines is 1. The number of H-pyrrole nitrogens is 1. The highest BCUT2D eigenvalue weighted by Crippen LogP contribution is 2.24. The molecular weight excluding hydrogens is 380 g/mol. The summed E-state index contributed by atoms with van der Waals surface area (Å²) in [6.45, 7) is 1.98. The Kier molecular flexibility index (Phi) is 4.53. The molecule has 9 nitrogen and oxygen atoms in total. The zero-order chi connectivity index (χ0) is 19.7. The van der Waals surface area contributed by atoms with E-state index < -0.39 is 17.2 Å². The van der Waals surface area contributed by atoms with E-state index in [0.29, 0.717) is 26.7 Å². The summed E-state index contributed by atoms with van der Waals surface area (Å²) in [5.41, 5.74) is 0.347. The van der Waals surface area contributed by atoms with Crippen molar-refractivity contribution in [2.75, 3.05) is 5.32 Å². The molecule has 4 rings (SSSR count). The highest BCUT2D eigenvalue weighted by molar-refractivity contribution is 7.18. The second kappa shape index (κ2) is 7.16. The van der Waals surface area contributed by atoms with E-state index in [1.807, 2.05) is 6.07 Å². The molecule has 0 fully saturated rings. The maximum atomic E-state index is 12.5. The maximum Gasteiger partial charge on any atom is 0.328 e. The van der Waals surface area contributed by atoms with Gasteiger partial charge < -0.3 is 4.98 Å². The Morgan fingerprint density at radius 1 is 1.21 bits per heavy atom. The smallest absolute Gasteiger partial charge is 0.307 e. The Balaban J connectivity index is 1.62. The van der Waals surface area contributed by atoms with E-state index >= 15 is 0 Å². The Hall–Kier alpha value is -3.66. The van der Waals surface area contributed by atoms with Gasteiger partial charge in [-0.1, -0.05) is 17.4 Å². The van der Waals surface area contributed by atoms with Crippen molar-refractivity contribution in [2.24, 2.45) is 0 Å². The molecule has 0 saturated carbocycles.